The second-order valence-corrected chi connectivity index (χ2v) is 7.45. The Hall–Kier alpha value is -2.55. The number of hydrogen-bond donors (Lipinski definition) is 2. The lowest BCUT2D eigenvalue weighted by molar-refractivity contribution is -0.137. The minimum absolute atomic E-state index is 0.0692. The third-order valence-electron chi connectivity index (χ3n) is 5.29. The summed E-state index contributed by atoms with van der Waals surface area (Å²) in [5, 5.41) is 3.05. The van der Waals surface area contributed by atoms with E-state index >= 15 is 0 Å². The summed E-state index contributed by atoms with van der Waals surface area (Å²) in [7, 11) is 2.12. The van der Waals surface area contributed by atoms with Crippen molar-refractivity contribution >= 4 is 23.1 Å². The number of nitrogens with zero attached hydrogens (tertiary/aromatic N) is 4. The highest BCUT2D eigenvalue weighted by atomic mass is 19.4. The zero-order valence-corrected chi connectivity index (χ0v) is 15.6. The number of aromatic nitrogens is 2. The van der Waals surface area contributed by atoms with Crippen molar-refractivity contribution in [1.82, 2.24) is 14.9 Å². The van der Waals surface area contributed by atoms with Crippen molar-refractivity contribution in [2.45, 2.75) is 24.9 Å². The number of nitrogen functional groups attached to an aromatic ring is 1. The van der Waals surface area contributed by atoms with E-state index in [1.54, 1.807) is 0 Å². The summed E-state index contributed by atoms with van der Waals surface area (Å²) in [6.45, 7) is 4.01. The van der Waals surface area contributed by atoms with Crippen LogP contribution in [0.25, 0.3) is 0 Å². The quantitative estimate of drug-likeness (QED) is 0.831. The third-order valence-corrected chi connectivity index (χ3v) is 5.29. The largest absolute Gasteiger partial charge is 0.421 e. The van der Waals surface area contributed by atoms with E-state index in [1.807, 2.05) is 12.1 Å². The third kappa shape index (κ3) is 3.99. The minimum atomic E-state index is -4.56. The highest BCUT2D eigenvalue weighted by Gasteiger charge is 2.34. The van der Waals surface area contributed by atoms with Gasteiger partial charge in [-0.05, 0) is 49.6 Å². The van der Waals surface area contributed by atoms with Gasteiger partial charge in [0.2, 0.25) is 5.95 Å². The molecule has 150 valence electrons. The number of alkyl halides is 3. The average Bonchev–Trinajstić information content (AvgIpc) is 3.47. The summed E-state index contributed by atoms with van der Waals surface area (Å²) in [5.41, 5.74) is 7.60. The average molecular weight is 392 g/mol. The van der Waals surface area contributed by atoms with Gasteiger partial charge in [0.1, 0.15) is 11.4 Å². The van der Waals surface area contributed by atoms with Gasteiger partial charge in [-0.15, -0.1) is 0 Å². The van der Waals surface area contributed by atoms with Gasteiger partial charge in [-0.2, -0.15) is 18.2 Å². The summed E-state index contributed by atoms with van der Waals surface area (Å²) < 4.78 is 38.5. The zero-order valence-electron chi connectivity index (χ0n) is 15.6. The van der Waals surface area contributed by atoms with Crippen LogP contribution in [0.15, 0.2) is 24.4 Å². The number of anilines is 4. The number of rotatable bonds is 4. The molecular formula is C19H23F3N6. The van der Waals surface area contributed by atoms with Crippen LogP contribution in [0.3, 0.4) is 0 Å². The molecule has 1 aliphatic heterocycles. The van der Waals surface area contributed by atoms with Crippen LogP contribution >= 0.6 is 0 Å². The molecule has 1 saturated carbocycles. The Bertz CT molecular complexity index is 857. The molecule has 2 heterocycles. The molecule has 1 aromatic heterocycles. The number of benzene rings is 1. The fourth-order valence-corrected chi connectivity index (χ4v) is 3.45. The van der Waals surface area contributed by atoms with Crippen LogP contribution in [-0.2, 0) is 6.18 Å². The lowest BCUT2D eigenvalue weighted by atomic mass is 10.1. The van der Waals surface area contributed by atoms with E-state index in [0.717, 1.165) is 56.5 Å². The van der Waals surface area contributed by atoms with Crippen molar-refractivity contribution in [1.29, 1.82) is 0 Å². The van der Waals surface area contributed by atoms with E-state index in [-0.39, 0.29) is 5.95 Å². The number of likely N-dealkylation sites (N-methyl/N-ethyl adjacent to an activating group) is 1. The minimum Gasteiger partial charge on any atom is -0.383 e. The Labute approximate surface area is 161 Å². The van der Waals surface area contributed by atoms with Crippen LogP contribution in [-0.4, -0.2) is 48.1 Å². The van der Waals surface area contributed by atoms with Gasteiger partial charge in [0.15, 0.2) is 0 Å². The standard InChI is InChI=1S/C19H23F3N6/c1-27-6-8-28(9-7-27)13-4-5-16(14(10-13)12-2-3-12)25-18-24-11-15(17(23)26-18)19(20,21)22/h4-5,10-12H,2-3,6-9H2,1H3,(H3,23,24,25,26). The SMILES string of the molecule is CN1CCN(c2ccc(Nc3ncc(C(F)(F)F)c(N)n3)c(C3CC3)c2)CC1. The molecule has 2 aliphatic rings. The topological polar surface area (TPSA) is 70.3 Å². The molecule has 0 bridgehead atoms. The fraction of sp³-hybridized carbons (Fsp3) is 0.474. The van der Waals surface area contributed by atoms with E-state index in [0.29, 0.717) is 5.92 Å². The number of piperazine rings is 1. The van der Waals surface area contributed by atoms with Gasteiger partial charge >= 0.3 is 6.18 Å². The number of hydrogen-bond acceptors (Lipinski definition) is 6. The van der Waals surface area contributed by atoms with E-state index in [4.69, 9.17) is 5.73 Å². The Morgan fingerprint density at radius 1 is 1.14 bits per heavy atom. The smallest absolute Gasteiger partial charge is 0.383 e. The molecule has 3 N–H and O–H groups in total. The second-order valence-electron chi connectivity index (χ2n) is 7.45. The maximum absolute atomic E-state index is 12.8. The predicted molar refractivity (Wildman–Crippen MR) is 103 cm³/mol. The molecule has 6 nitrogen and oxygen atoms in total. The molecule has 2 fully saturated rings. The van der Waals surface area contributed by atoms with Gasteiger partial charge in [-0.25, -0.2) is 4.98 Å². The van der Waals surface area contributed by atoms with E-state index in [2.05, 4.69) is 38.2 Å². The summed E-state index contributed by atoms with van der Waals surface area (Å²) >= 11 is 0. The van der Waals surface area contributed by atoms with Gasteiger partial charge in [0.25, 0.3) is 0 Å². The number of nitrogens with one attached hydrogen (secondary N) is 1. The molecule has 0 radical (unpaired) electrons. The van der Waals surface area contributed by atoms with Crippen LogP contribution in [0.1, 0.15) is 29.9 Å². The van der Waals surface area contributed by atoms with E-state index in [1.165, 1.54) is 5.69 Å². The molecular weight excluding hydrogens is 369 g/mol. The Kier molecular flexibility index (Phi) is 4.78. The summed E-state index contributed by atoms with van der Waals surface area (Å²) in [4.78, 5) is 12.3. The zero-order chi connectivity index (χ0) is 19.9. The first kappa shape index (κ1) is 18.8. The van der Waals surface area contributed by atoms with Crippen molar-refractivity contribution in [3.63, 3.8) is 0 Å². The Morgan fingerprint density at radius 2 is 1.86 bits per heavy atom. The van der Waals surface area contributed by atoms with Gasteiger partial charge in [0.05, 0.1) is 0 Å². The summed E-state index contributed by atoms with van der Waals surface area (Å²) in [6, 6.07) is 6.17. The molecule has 0 amide bonds. The first-order valence-electron chi connectivity index (χ1n) is 9.35. The highest BCUT2D eigenvalue weighted by Crippen LogP contribution is 2.45. The molecule has 0 spiro atoms. The maximum atomic E-state index is 12.8. The van der Waals surface area contributed by atoms with Crippen molar-refractivity contribution < 1.29 is 13.2 Å². The van der Waals surface area contributed by atoms with Gasteiger partial charge in [-0.3, -0.25) is 0 Å². The van der Waals surface area contributed by atoms with Crippen molar-refractivity contribution in [2.24, 2.45) is 0 Å². The summed E-state index contributed by atoms with van der Waals surface area (Å²) in [5.74, 6) is -0.0477. The predicted octanol–water partition coefficient (Wildman–Crippen LogP) is 3.45. The highest BCUT2D eigenvalue weighted by molar-refractivity contribution is 5.67. The van der Waals surface area contributed by atoms with Crippen LogP contribution in [0.4, 0.5) is 36.3 Å². The molecule has 9 heteroatoms. The molecule has 1 aliphatic carbocycles. The maximum Gasteiger partial charge on any atom is 0.421 e. The molecule has 2 aromatic rings. The van der Waals surface area contributed by atoms with Gasteiger partial charge < -0.3 is 20.9 Å². The van der Waals surface area contributed by atoms with Crippen LogP contribution in [0.2, 0.25) is 0 Å². The number of halogens is 3. The monoisotopic (exact) mass is 392 g/mol. The first-order valence-corrected chi connectivity index (χ1v) is 9.35. The lowest BCUT2D eigenvalue weighted by Gasteiger charge is -2.34. The molecule has 0 unspecified atom stereocenters. The van der Waals surface area contributed by atoms with Crippen molar-refractivity contribution in [2.75, 3.05) is 49.2 Å². The van der Waals surface area contributed by atoms with Gasteiger partial charge in [-0.1, -0.05) is 0 Å². The lowest BCUT2D eigenvalue weighted by Crippen LogP contribution is -2.44. The molecule has 4 rings (SSSR count). The van der Waals surface area contributed by atoms with Crippen molar-refractivity contribution in [3.05, 3.63) is 35.5 Å². The second kappa shape index (κ2) is 7.12. The summed E-state index contributed by atoms with van der Waals surface area (Å²) in [6.07, 6.45) is -1.63. The molecule has 0 atom stereocenters. The Morgan fingerprint density at radius 3 is 2.46 bits per heavy atom. The van der Waals surface area contributed by atoms with E-state index < -0.39 is 17.6 Å². The normalized spacial score (nSPS) is 18.4. The fourth-order valence-electron chi connectivity index (χ4n) is 3.45. The molecule has 28 heavy (non-hydrogen) atoms. The van der Waals surface area contributed by atoms with Crippen molar-refractivity contribution in [3.8, 4) is 0 Å². The van der Waals surface area contributed by atoms with Crippen LogP contribution in [0.5, 0.6) is 0 Å². The first-order chi connectivity index (χ1) is 13.3. The van der Waals surface area contributed by atoms with E-state index in [9.17, 15) is 13.2 Å². The molecule has 1 aromatic carbocycles. The van der Waals surface area contributed by atoms with Crippen LogP contribution < -0.4 is 16.0 Å². The molecule has 1 saturated heterocycles. The van der Waals surface area contributed by atoms with Crippen LogP contribution in [0, 0.1) is 0 Å². The Balaban J connectivity index is 1.57. The van der Waals surface area contributed by atoms with Gasteiger partial charge in [0, 0.05) is 43.8 Å². The number of nitrogens with two attached hydrogens (primary N) is 1.